The van der Waals surface area contributed by atoms with Gasteiger partial charge in [-0.25, -0.2) is 0 Å². The number of unbranched alkanes of at least 4 members (excludes halogenated alkanes) is 5. The van der Waals surface area contributed by atoms with Crippen molar-refractivity contribution in [2.45, 2.75) is 52.0 Å². The predicted molar refractivity (Wildman–Crippen MR) is 157 cm³/mol. The van der Waals surface area contributed by atoms with Crippen LogP contribution in [0.1, 0.15) is 61.5 Å². The van der Waals surface area contributed by atoms with E-state index in [9.17, 15) is 39.7 Å². The Morgan fingerprint density at radius 3 is 1.63 bits per heavy atom. The summed E-state index contributed by atoms with van der Waals surface area (Å²) < 4.78 is 0.953. The highest BCUT2D eigenvalue weighted by molar-refractivity contribution is 5.94. The molecule has 1 amide bonds. The van der Waals surface area contributed by atoms with Crippen LogP contribution in [0.3, 0.4) is 0 Å². The number of hydrogen-bond acceptors (Lipinski definition) is 9. The summed E-state index contributed by atoms with van der Waals surface area (Å²) in [6.45, 7) is 5.11. The lowest BCUT2D eigenvalue weighted by Crippen LogP contribution is -2.49. The molecule has 0 unspecified atom stereocenters. The Morgan fingerprint density at radius 1 is 0.721 bits per heavy atom. The first-order valence-corrected chi connectivity index (χ1v) is 15.1. The van der Waals surface area contributed by atoms with Gasteiger partial charge in [0.2, 0.25) is 11.9 Å². The van der Waals surface area contributed by atoms with E-state index in [1.807, 2.05) is 4.90 Å². The quantitative estimate of drug-likeness (QED) is 0.0984. The molecular formula is C29H49N6O8+. The van der Waals surface area contributed by atoms with Gasteiger partial charge in [0.05, 0.1) is 31.7 Å². The Balaban J connectivity index is 2.13. The lowest BCUT2D eigenvalue weighted by atomic mass is 10.1. The van der Waals surface area contributed by atoms with Crippen molar-refractivity contribution in [2.75, 3.05) is 78.5 Å². The summed E-state index contributed by atoms with van der Waals surface area (Å²) in [6, 6.07) is 3.17. The molecule has 242 valence electrons. The molecule has 0 atom stereocenters. The molecule has 5 N–H and O–H groups in total. The average molecular weight is 610 g/mol. The van der Waals surface area contributed by atoms with Gasteiger partial charge in [-0.05, 0) is 6.42 Å². The van der Waals surface area contributed by atoms with Crippen LogP contribution in [-0.4, -0.2) is 142 Å². The fraction of sp³-hybridized carbons (Fsp3) is 0.690. The maximum absolute atomic E-state index is 12.8. The monoisotopic (exact) mass is 609 g/mol. The summed E-state index contributed by atoms with van der Waals surface area (Å²) >= 11 is 0. The van der Waals surface area contributed by atoms with E-state index in [2.05, 4.69) is 12.2 Å². The van der Waals surface area contributed by atoms with E-state index >= 15 is 0 Å². The number of rotatable bonds is 16. The van der Waals surface area contributed by atoms with Crippen LogP contribution in [0.15, 0.2) is 18.3 Å². The second-order valence-electron chi connectivity index (χ2n) is 11.1. The van der Waals surface area contributed by atoms with Gasteiger partial charge in [0.1, 0.15) is 0 Å². The fourth-order valence-corrected chi connectivity index (χ4v) is 5.02. The molecule has 1 saturated heterocycles. The fourth-order valence-electron chi connectivity index (χ4n) is 5.02. The Morgan fingerprint density at radius 2 is 1.16 bits per heavy atom. The largest absolute Gasteiger partial charge is 0.480 e. The molecule has 0 bridgehead atoms. The highest BCUT2D eigenvalue weighted by Gasteiger charge is 2.23. The smallest absolute Gasteiger partial charge is 0.317 e. The van der Waals surface area contributed by atoms with Crippen LogP contribution in [0.5, 0.6) is 0 Å². The van der Waals surface area contributed by atoms with Crippen LogP contribution in [0.2, 0.25) is 0 Å². The number of aliphatic carboxylic acids is 3. The van der Waals surface area contributed by atoms with Crippen LogP contribution in [0, 0.1) is 0 Å². The molecule has 0 spiro atoms. The zero-order chi connectivity index (χ0) is 31.6. The molecule has 0 aromatic carbocycles. The summed E-state index contributed by atoms with van der Waals surface area (Å²) in [5.41, 5.74) is 0.876. The van der Waals surface area contributed by atoms with Gasteiger partial charge in [0.25, 0.3) is 5.91 Å². The maximum atomic E-state index is 12.8. The van der Waals surface area contributed by atoms with E-state index in [1.165, 1.54) is 25.5 Å². The number of nitrogens with one attached hydrogen (secondary N) is 1. The Kier molecular flexibility index (Phi) is 16.5. The first-order valence-electron chi connectivity index (χ1n) is 15.1. The van der Waals surface area contributed by atoms with Crippen LogP contribution < -0.4 is 10.0 Å². The standard InChI is InChI=1S/C29H48N6O8/c1-2-3-4-5-6-7-9-30-29(42)24-8-10-35(43)25(19-24)20-31-11-13-32(21-26(36)37)15-17-34(23-28(40)41)18-16-33(14-12-31)22-27(38)39/h8,10,19H,2-7,9,11-18,20-23H2,1H3,(H4-,30,36,37,38,39,40,41,42,43)/p+1. The highest BCUT2D eigenvalue weighted by atomic mass is 16.5. The van der Waals surface area contributed by atoms with Gasteiger partial charge in [-0.3, -0.25) is 44.0 Å². The van der Waals surface area contributed by atoms with Gasteiger partial charge in [-0.2, -0.15) is 0 Å². The Bertz CT molecular complexity index is 1010. The molecule has 0 aliphatic carbocycles. The van der Waals surface area contributed by atoms with E-state index in [1.54, 1.807) is 26.8 Å². The number of carboxylic acid groups (broad SMARTS) is 3. The zero-order valence-electron chi connectivity index (χ0n) is 25.3. The minimum absolute atomic E-state index is 0.214. The molecule has 14 heteroatoms. The zero-order valence-corrected chi connectivity index (χ0v) is 25.3. The van der Waals surface area contributed by atoms with Gasteiger partial charge in [-0.1, -0.05) is 39.0 Å². The molecule has 2 rings (SSSR count). The predicted octanol–water partition coefficient (Wildman–Crippen LogP) is 0.277. The normalized spacial score (nSPS) is 16.7. The van der Waals surface area contributed by atoms with Gasteiger partial charge in [-0.15, -0.1) is 0 Å². The molecule has 1 aromatic heterocycles. The third kappa shape index (κ3) is 15.1. The number of hydrogen-bond donors (Lipinski definition) is 5. The van der Waals surface area contributed by atoms with Crippen LogP contribution in [0.25, 0.3) is 0 Å². The van der Waals surface area contributed by atoms with E-state index < -0.39 is 17.9 Å². The second kappa shape index (κ2) is 19.8. The second-order valence-corrected chi connectivity index (χ2v) is 11.1. The van der Waals surface area contributed by atoms with Crippen molar-refractivity contribution in [3.05, 3.63) is 29.6 Å². The van der Waals surface area contributed by atoms with Crippen LogP contribution in [-0.2, 0) is 20.9 Å². The lowest BCUT2D eigenvalue weighted by Gasteiger charge is -2.32. The van der Waals surface area contributed by atoms with Gasteiger partial charge in [0, 0.05) is 75.8 Å². The molecule has 0 radical (unpaired) electrons. The van der Waals surface area contributed by atoms with Crippen molar-refractivity contribution in [3.8, 4) is 0 Å². The average Bonchev–Trinajstić information content (AvgIpc) is 2.94. The van der Waals surface area contributed by atoms with Crippen molar-refractivity contribution in [1.82, 2.24) is 24.9 Å². The lowest BCUT2D eigenvalue weighted by molar-refractivity contribution is -0.910. The summed E-state index contributed by atoms with van der Waals surface area (Å²) in [6.07, 6.45) is 8.12. The summed E-state index contributed by atoms with van der Waals surface area (Å²) in [5.74, 6) is -3.23. The highest BCUT2D eigenvalue weighted by Crippen LogP contribution is 2.08. The third-order valence-corrected chi connectivity index (χ3v) is 7.48. The summed E-state index contributed by atoms with van der Waals surface area (Å²) in [5, 5.41) is 41.7. The number of carbonyl (C=O) groups excluding carboxylic acids is 1. The maximum Gasteiger partial charge on any atom is 0.317 e. The number of carboxylic acids is 3. The van der Waals surface area contributed by atoms with E-state index in [0.717, 1.165) is 24.0 Å². The van der Waals surface area contributed by atoms with Gasteiger partial charge >= 0.3 is 17.9 Å². The molecule has 14 nitrogen and oxygen atoms in total. The molecule has 2 heterocycles. The van der Waals surface area contributed by atoms with E-state index in [-0.39, 0.29) is 32.1 Å². The van der Waals surface area contributed by atoms with Crippen molar-refractivity contribution >= 4 is 23.8 Å². The van der Waals surface area contributed by atoms with E-state index in [0.29, 0.717) is 70.2 Å². The van der Waals surface area contributed by atoms with Crippen LogP contribution in [0.4, 0.5) is 0 Å². The minimum atomic E-state index is -1.01. The Hall–Kier alpha value is -3.33. The number of carbonyl (C=O) groups is 4. The number of amides is 1. The first kappa shape index (κ1) is 35.9. The van der Waals surface area contributed by atoms with Crippen molar-refractivity contribution in [1.29, 1.82) is 0 Å². The molecule has 1 aromatic rings. The van der Waals surface area contributed by atoms with Crippen molar-refractivity contribution in [3.63, 3.8) is 0 Å². The minimum Gasteiger partial charge on any atom is -0.480 e. The van der Waals surface area contributed by atoms with Gasteiger partial charge in [0.15, 0.2) is 0 Å². The molecule has 1 aliphatic rings. The SMILES string of the molecule is CCCCCCCCNC(=O)c1cc[n+](O)c(CN2CCN(CC(=O)O)CCN(CC(=O)O)CCN(CC(=O)O)CC2)c1. The number of aromatic nitrogens is 1. The molecular weight excluding hydrogens is 560 g/mol. The molecule has 0 saturated carbocycles. The topological polar surface area (TPSA) is 178 Å². The first-order chi connectivity index (χ1) is 20.6. The molecule has 43 heavy (non-hydrogen) atoms. The number of pyridine rings is 1. The molecule has 1 fully saturated rings. The van der Waals surface area contributed by atoms with Gasteiger partial charge < -0.3 is 20.6 Å². The number of nitrogens with zero attached hydrogens (tertiary/aromatic N) is 5. The molecule has 1 aliphatic heterocycles. The van der Waals surface area contributed by atoms with Crippen LogP contribution >= 0.6 is 0 Å². The third-order valence-electron chi connectivity index (χ3n) is 7.48. The Labute approximate surface area is 253 Å². The van der Waals surface area contributed by atoms with E-state index in [4.69, 9.17) is 0 Å². The van der Waals surface area contributed by atoms with Crippen molar-refractivity contribution in [2.24, 2.45) is 0 Å². The summed E-state index contributed by atoms with van der Waals surface area (Å²) in [4.78, 5) is 54.3. The van der Waals surface area contributed by atoms with Crippen molar-refractivity contribution < 1.29 is 44.4 Å². The summed E-state index contributed by atoms with van der Waals surface area (Å²) in [7, 11) is 0.